The highest BCUT2D eigenvalue weighted by atomic mass is 16.3. The molecule has 1 aliphatic heterocycles. The zero-order valence-corrected chi connectivity index (χ0v) is 14.9. The van der Waals surface area contributed by atoms with E-state index in [0.717, 1.165) is 25.8 Å². The molecule has 0 amide bonds. The van der Waals surface area contributed by atoms with Crippen LogP contribution in [-0.2, 0) is 0 Å². The zero-order valence-electron chi connectivity index (χ0n) is 14.9. The third-order valence-corrected chi connectivity index (χ3v) is 5.29. The first-order valence-electron chi connectivity index (χ1n) is 9.05. The average Bonchev–Trinajstić information content (AvgIpc) is 2.64. The quantitative estimate of drug-likeness (QED) is 0.684. The summed E-state index contributed by atoms with van der Waals surface area (Å²) < 4.78 is 0. The van der Waals surface area contributed by atoms with Crippen molar-refractivity contribution in [3.63, 3.8) is 0 Å². The molecule has 0 aromatic heterocycles. The Morgan fingerprint density at radius 2 is 1.95 bits per heavy atom. The summed E-state index contributed by atoms with van der Waals surface area (Å²) in [5, 5.41) is 13.4. The number of nitrogens with one attached hydrogen (secondary N) is 1. The molecule has 0 bridgehead atoms. The molecule has 0 aliphatic carbocycles. The number of rotatable bonds is 9. The van der Waals surface area contributed by atoms with Gasteiger partial charge in [-0.25, -0.2) is 0 Å². The van der Waals surface area contributed by atoms with E-state index in [1.165, 1.54) is 45.3 Å². The Hall–Kier alpha value is -0.120. The Morgan fingerprint density at radius 1 is 1.19 bits per heavy atom. The van der Waals surface area contributed by atoms with Gasteiger partial charge in [-0.05, 0) is 76.5 Å². The smallest absolute Gasteiger partial charge is 0.0613 e. The number of aliphatic hydroxyl groups excluding tert-OH is 1. The van der Waals surface area contributed by atoms with Gasteiger partial charge in [0.05, 0.1) is 6.61 Å². The van der Waals surface area contributed by atoms with Crippen LogP contribution in [0.5, 0.6) is 0 Å². The standard InChI is InChI=1S/C18H38N2O/c1-5-12-19-18(6-2,16-21)10-8-14-20-13-7-9-17(3,4)11-15-20/h19,21H,5-16H2,1-4H3. The summed E-state index contributed by atoms with van der Waals surface area (Å²) in [6.45, 7) is 14.1. The minimum absolute atomic E-state index is 0.0544. The predicted molar refractivity (Wildman–Crippen MR) is 91.7 cm³/mol. The fraction of sp³-hybridized carbons (Fsp3) is 1.00. The van der Waals surface area contributed by atoms with Crippen molar-refractivity contribution in [2.75, 3.05) is 32.8 Å². The number of aliphatic hydroxyl groups is 1. The Bertz CT molecular complexity index is 274. The van der Waals surface area contributed by atoms with E-state index < -0.39 is 0 Å². The summed E-state index contributed by atoms with van der Waals surface area (Å²) in [4.78, 5) is 2.63. The Balaban J connectivity index is 2.36. The lowest BCUT2D eigenvalue weighted by Gasteiger charge is -2.33. The first-order chi connectivity index (χ1) is 9.97. The summed E-state index contributed by atoms with van der Waals surface area (Å²) in [5.41, 5.74) is 0.469. The van der Waals surface area contributed by atoms with Gasteiger partial charge in [-0.1, -0.05) is 27.7 Å². The fourth-order valence-electron chi connectivity index (χ4n) is 3.37. The van der Waals surface area contributed by atoms with Gasteiger partial charge in [0.1, 0.15) is 0 Å². The molecule has 1 unspecified atom stereocenters. The lowest BCUT2D eigenvalue weighted by atomic mass is 9.85. The monoisotopic (exact) mass is 298 g/mol. The molecule has 3 nitrogen and oxygen atoms in total. The van der Waals surface area contributed by atoms with Crippen molar-refractivity contribution in [3.05, 3.63) is 0 Å². The van der Waals surface area contributed by atoms with Gasteiger partial charge in [0, 0.05) is 5.54 Å². The number of hydrogen-bond donors (Lipinski definition) is 2. The second kappa shape index (κ2) is 9.12. The van der Waals surface area contributed by atoms with E-state index in [9.17, 15) is 5.11 Å². The molecule has 21 heavy (non-hydrogen) atoms. The van der Waals surface area contributed by atoms with Gasteiger partial charge < -0.3 is 15.3 Å². The highest BCUT2D eigenvalue weighted by molar-refractivity contribution is 4.86. The maximum Gasteiger partial charge on any atom is 0.0613 e. The molecule has 0 radical (unpaired) electrons. The van der Waals surface area contributed by atoms with E-state index in [-0.39, 0.29) is 12.1 Å². The number of likely N-dealkylation sites (tertiary alicyclic amines) is 1. The third kappa shape index (κ3) is 6.66. The topological polar surface area (TPSA) is 35.5 Å². The van der Waals surface area contributed by atoms with Gasteiger partial charge in [-0.2, -0.15) is 0 Å². The largest absolute Gasteiger partial charge is 0.394 e. The van der Waals surface area contributed by atoms with Crippen molar-refractivity contribution in [2.24, 2.45) is 5.41 Å². The van der Waals surface area contributed by atoms with Crippen LogP contribution >= 0.6 is 0 Å². The van der Waals surface area contributed by atoms with Crippen molar-refractivity contribution in [1.82, 2.24) is 10.2 Å². The van der Waals surface area contributed by atoms with E-state index in [2.05, 4.69) is 37.9 Å². The molecule has 2 N–H and O–H groups in total. The normalized spacial score (nSPS) is 22.7. The van der Waals surface area contributed by atoms with Gasteiger partial charge in [0.15, 0.2) is 0 Å². The number of hydrogen-bond acceptors (Lipinski definition) is 3. The van der Waals surface area contributed by atoms with Gasteiger partial charge >= 0.3 is 0 Å². The summed E-state index contributed by atoms with van der Waals surface area (Å²) >= 11 is 0. The second-order valence-electron chi connectivity index (χ2n) is 7.68. The van der Waals surface area contributed by atoms with E-state index in [4.69, 9.17) is 0 Å². The Morgan fingerprint density at radius 3 is 2.57 bits per heavy atom. The van der Waals surface area contributed by atoms with Gasteiger partial charge in [-0.3, -0.25) is 0 Å². The summed E-state index contributed by atoms with van der Waals surface area (Å²) in [5.74, 6) is 0. The Labute approximate surface area is 132 Å². The average molecular weight is 299 g/mol. The van der Waals surface area contributed by atoms with Crippen molar-refractivity contribution in [1.29, 1.82) is 0 Å². The minimum Gasteiger partial charge on any atom is -0.394 e. The van der Waals surface area contributed by atoms with Crippen molar-refractivity contribution < 1.29 is 5.11 Å². The maximum absolute atomic E-state index is 9.78. The molecule has 0 aromatic carbocycles. The van der Waals surface area contributed by atoms with Crippen LogP contribution in [0.25, 0.3) is 0 Å². The first-order valence-corrected chi connectivity index (χ1v) is 9.05. The molecule has 1 atom stereocenters. The highest BCUT2D eigenvalue weighted by Gasteiger charge is 2.27. The van der Waals surface area contributed by atoms with Crippen LogP contribution in [0.4, 0.5) is 0 Å². The first kappa shape index (κ1) is 18.9. The van der Waals surface area contributed by atoms with Crippen LogP contribution in [0.1, 0.15) is 72.6 Å². The van der Waals surface area contributed by atoms with E-state index >= 15 is 0 Å². The van der Waals surface area contributed by atoms with Crippen LogP contribution in [0.3, 0.4) is 0 Å². The van der Waals surface area contributed by atoms with Gasteiger partial charge in [0.25, 0.3) is 0 Å². The van der Waals surface area contributed by atoms with Gasteiger partial charge in [-0.15, -0.1) is 0 Å². The molecular weight excluding hydrogens is 260 g/mol. The van der Waals surface area contributed by atoms with E-state index in [0.29, 0.717) is 5.41 Å². The maximum atomic E-state index is 9.78. The molecule has 0 saturated carbocycles. The zero-order chi connectivity index (χ0) is 15.8. The summed E-state index contributed by atoms with van der Waals surface area (Å²) in [6.07, 6.45) is 8.42. The lowest BCUT2D eigenvalue weighted by Crippen LogP contribution is -2.48. The van der Waals surface area contributed by atoms with Crippen LogP contribution in [-0.4, -0.2) is 48.3 Å². The molecule has 0 spiro atoms. The molecule has 126 valence electrons. The molecular formula is C18H38N2O. The summed E-state index contributed by atoms with van der Waals surface area (Å²) in [7, 11) is 0. The van der Waals surface area contributed by atoms with Crippen LogP contribution in [0, 0.1) is 5.41 Å². The summed E-state index contributed by atoms with van der Waals surface area (Å²) in [6, 6.07) is 0. The predicted octanol–water partition coefficient (Wildman–Crippen LogP) is 3.42. The van der Waals surface area contributed by atoms with Crippen LogP contribution in [0.2, 0.25) is 0 Å². The molecule has 1 rings (SSSR count). The van der Waals surface area contributed by atoms with Gasteiger partial charge in [0.2, 0.25) is 0 Å². The lowest BCUT2D eigenvalue weighted by molar-refractivity contribution is 0.138. The highest BCUT2D eigenvalue weighted by Crippen LogP contribution is 2.30. The van der Waals surface area contributed by atoms with Crippen LogP contribution in [0.15, 0.2) is 0 Å². The molecule has 1 aliphatic rings. The van der Waals surface area contributed by atoms with Crippen molar-refractivity contribution >= 4 is 0 Å². The minimum atomic E-state index is -0.0544. The van der Waals surface area contributed by atoms with E-state index in [1.807, 2.05) is 0 Å². The third-order valence-electron chi connectivity index (χ3n) is 5.29. The Kier molecular flexibility index (Phi) is 8.22. The molecule has 1 heterocycles. The fourth-order valence-corrected chi connectivity index (χ4v) is 3.37. The second-order valence-corrected chi connectivity index (χ2v) is 7.68. The molecule has 1 saturated heterocycles. The van der Waals surface area contributed by atoms with Crippen molar-refractivity contribution in [2.45, 2.75) is 78.2 Å². The molecule has 3 heteroatoms. The van der Waals surface area contributed by atoms with Crippen molar-refractivity contribution in [3.8, 4) is 0 Å². The number of nitrogens with zero attached hydrogens (tertiary/aromatic N) is 1. The van der Waals surface area contributed by atoms with E-state index in [1.54, 1.807) is 0 Å². The SMILES string of the molecule is CCCNC(CC)(CO)CCCN1CCCC(C)(C)CC1. The molecule has 0 aromatic rings. The molecule has 1 fully saturated rings. The van der Waals surface area contributed by atoms with Crippen LogP contribution < -0.4 is 5.32 Å².